The molecule has 0 spiro atoms. The van der Waals surface area contributed by atoms with Gasteiger partial charge in [0.1, 0.15) is 29.6 Å². The van der Waals surface area contributed by atoms with Crippen molar-refractivity contribution in [3.8, 4) is 17.1 Å². The molecule has 1 amide bonds. The zero-order chi connectivity index (χ0) is 26.5. The maximum atomic E-state index is 12.7. The van der Waals surface area contributed by atoms with Crippen LogP contribution in [0.25, 0.3) is 22.6 Å². The number of imidazole rings is 1. The van der Waals surface area contributed by atoms with Crippen molar-refractivity contribution in [2.45, 2.75) is 58.3 Å². The molecular formula is C30H35N5O3. The van der Waals surface area contributed by atoms with Crippen molar-refractivity contribution in [1.82, 2.24) is 19.9 Å². The lowest BCUT2D eigenvalue weighted by Crippen LogP contribution is -2.48. The van der Waals surface area contributed by atoms with E-state index in [1.54, 1.807) is 0 Å². The Morgan fingerprint density at radius 1 is 1.03 bits per heavy atom. The van der Waals surface area contributed by atoms with Crippen LogP contribution >= 0.6 is 0 Å². The summed E-state index contributed by atoms with van der Waals surface area (Å²) >= 11 is 0. The van der Waals surface area contributed by atoms with Gasteiger partial charge in [-0.2, -0.15) is 0 Å². The molecule has 1 unspecified atom stereocenters. The number of nitrogens with one attached hydrogen (secondary N) is 2. The fourth-order valence-electron chi connectivity index (χ4n) is 4.57. The molecule has 1 aliphatic rings. The van der Waals surface area contributed by atoms with Crippen LogP contribution in [0.15, 0.2) is 66.7 Å². The van der Waals surface area contributed by atoms with Gasteiger partial charge in [0, 0.05) is 18.7 Å². The highest BCUT2D eigenvalue weighted by atomic mass is 16.6. The van der Waals surface area contributed by atoms with Crippen molar-refractivity contribution < 1.29 is 14.3 Å². The molecule has 2 aromatic carbocycles. The summed E-state index contributed by atoms with van der Waals surface area (Å²) in [6.07, 6.45) is 2.78. The minimum atomic E-state index is -0.508. The number of ether oxygens (including phenoxy) is 2. The summed E-state index contributed by atoms with van der Waals surface area (Å²) in [4.78, 5) is 27.3. The van der Waals surface area contributed by atoms with Crippen molar-refractivity contribution in [3.63, 3.8) is 0 Å². The molecule has 8 heteroatoms. The van der Waals surface area contributed by atoms with Gasteiger partial charge in [-0.15, -0.1) is 0 Å². The number of aromatic nitrogens is 3. The molecule has 0 aliphatic carbocycles. The summed E-state index contributed by atoms with van der Waals surface area (Å²) in [6, 6.07) is 22.0. The SMILES string of the molecule is CC(C)(C)OC(=O)N1CCCCC1CNc1ccc2[nH]c(-c3ccc(OCc4ccccc4)cc3)nc2n1. The average molecular weight is 514 g/mol. The summed E-state index contributed by atoms with van der Waals surface area (Å²) in [7, 11) is 0. The number of carbonyl (C=O) groups excluding carboxylic acids is 1. The summed E-state index contributed by atoms with van der Waals surface area (Å²) in [5.74, 6) is 2.29. The first kappa shape index (κ1) is 25.6. The second-order valence-corrected chi connectivity index (χ2v) is 10.7. The van der Waals surface area contributed by atoms with Crippen LogP contribution in [-0.2, 0) is 11.3 Å². The van der Waals surface area contributed by atoms with Gasteiger partial charge in [-0.1, -0.05) is 30.3 Å². The summed E-state index contributed by atoms with van der Waals surface area (Å²) in [5.41, 5.74) is 3.09. The van der Waals surface area contributed by atoms with E-state index in [2.05, 4.69) is 10.3 Å². The Balaban J connectivity index is 1.22. The van der Waals surface area contributed by atoms with Gasteiger partial charge in [-0.05, 0) is 82.0 Å². The Bertz CT molecular complexity index is 1360. The third-order valence-corrected chi connectivity index (χ3v) is 6.50. The largest absolute Gasteiger partial charge is 0.489 e. The van der Waals surface area contributed by atoms with Crippen LogP contribution in [-0.4, -0.2) is 50.7 Å². The maximum absolute atomic E-state index is 12.7. The first-order valence-electron chi connectivity index (χ1n) is 13.2. The summed E-state index contributed by atoms with van der Waals surface area (Å²) < 4.78 is 11.5. The molecule has 4 aromatic rings. The second kappa shape index (κ2) is 11.1. The molecule has 2 aromatic heterocycles. The van der Waals surface area contributed by atoms with Crippen LogP contribution in [0, 0.1) is 0 Å². The summed E-state index contributed by atoms with van der Waals surface area (Å²) in [6.45, 7) is 7.54. The molecule has 0 saturated carbocycles. The Hall–Kier alpha value is -4.07. The van der Waals surface area contributed by atoms with Crippen molar-refractivity contribution in [2.75, 3.05) is 18.4 Å². The van der Waals surface area contributed by atoms with Crippen molar-refractivity contribution in [1.29, 1.82) is 0 Å². The number of benzene rings is 2. The van der Waals surface area contributed by atoms with E-state index >= 15 is 0 Å². The highest BCUT2D eigenvalue weighted by molar-refractivity contribution is 5.77. The van der Waals surface area contributed by atoms with E-state index in [9.17, 15) is 4.79 Å². The summed E-state index contributed by atoms with van der Waals surface area (Å²) in [5, 5.41) is 3.41. The van der Waals surface area contributed by atoms with Crippen LogP contribution < -0.4 is 10.1 Å². The lowest BCUT2D eigenvalue weighted by atomic mass is 10.0. The quantitative estimate of drug-likeness (QED) is 0.297. The molecule has 8 nitrogen and oxygen atoms in total. The Labute approximate surface area is 223 Å². The lowest BCUT2D eigenvalue weighted by Gasteiger charge is -2.36. The van der Waals surface area contributed by atoms with Crippen LogP contribution in [0.4, 0.5) is 10.6 Å². The van der Waals surface area contributed by atoms with Gasteiger partial charge in [0.25, 0.3) is 0 Å². The smallest absolute Gasteiger partial charge is 0.410 e. The van der Waals surface area contributed by atoms with Crippen LogP contribution in [0.2, 0.25) is 0 Å². The molecule has 3 heterocycles. The Morgan fingerprint density at radius 3 is 2.58 bits per heavy atom. The minimum Gasteiger partial charge on any atom is -0.489 e. The van der Waals surface area contributed by atoms with E-state index in [0.29, 0.717) is 25.3 Å². The highest BCUT2D eigenvalue weighted by Crippen LogP contribution is 2.25. The predicted octanol–water partition coefficient (Wildman–Crippen LogP) is 6.41. The first-order chi connectivity index (χ1) is 18.3. The van der Waals surface area contributed by atoms with Gasteiger partial charge in [0.2, 0.25) is 0 Å². The zero-order valence-corrected chi connectivity index (χ0v) is 22.2. The van der Waals surface area contributed by atoms with Crippen molar-refractivity contribution >= 4 is 23.1 Å². The van der Waals surface area contributed by atoms with E-state index in [-0.39, 0.29) is 12.1 Å². The fraction of sp³-hybridized carbons (Fsp3) is 0.367. The van der Waals surface area contributed by atoms with Crippen molar-refractivity contribution in [2.24, 2.45) is 0 Å². The number of carbonyl (C=O) groups is 1. The fourth-order valence-corrected chi connectivity index (χ4v) is 4.57. The van der Waals surface area contributed by atoms with E-state index in [0.717, 1.165) is 53.3 Å². The lowest BCUT2D eigenvalue weighted by molar-refractivity contribution is 0.0114. The molecule has 1 atom stereocenters. The van der Waals surface area contributed by atoms with Crippen LogP contribution in [0.3, 0.4) is 0 Å². The predicted molar refractivity (Wildman–Crippen MR) is 149 cm³/mol. The number of amides is 1. The molecular weight excluding hydrogens is 478 g/mol. The minimum absolute atomic E-state index is 0.0634. The van der Waals surface area contributed by atoms with E-state index in [4.69, 9.17) is 19.4 Å². The Kier molecular flexibility index (Phi) is 7.49. The normalized spacial score (nSPS) is 15.9. The number of aromatic amines is 1. The number of H-pyrrole nitrogens is 1. The molecule has 1 saturated heterocycles. The van der Waals surface area contributed by atoms with Gasteiger partial charge < -0.3 is 24.7 Å². The zero-order valence-electron chi connectivity index (χ0n) is 22.2. The number of fused-ring (bicyclic) bond motifs is 1. The number of anilines is 1. The number of piperidine rings is 1. The topological polar surface area (TPSA) is 92.4 Å². The number of nitrogens with zero attached hydrogens (tertiary/aromatic N) is 3. The monoisotopic (exact) mass is 513 g/mol. The van der Waals surface area contributed by atoms with E-state index < -0.39 is 5.60 Å². The molecule has 0 radical (unpaired) electrons. The third kappa shape index (κ3) is 6.43. The van der Waals surface area contributed by atoms with E-state index in [1.165, 1.54) is 0 Å². The first-order valence-corrected chi connectivity index (χ1v) is 13.2. The van der Waals surface area contributed by atoms with Gasteiger partial charge in [0.05, 0.1) is 11.6 Å². The molecule has 0 bridgehead atoms. The molecule has 2 N–H and O–H groups in total. The van der Waals surface area contributed by atoms with Gasteiger partial charge in [-0.3, -0.25) is 0 Å². The van der Waals surface area contributed by atoms with Gasteiger partial charge in [0.15, 0.2) is 5.65 Å². The molecule has 1 fully saturated rings. The average Bonchev–Trinajstić information content (AvgIpc) is 3.34. The molecule has 198 valence electrons. The maximum Gasteiger partial charge on any atom is 0.410 e. The Morgan fingerprint density at radius 2 is 1.82 bits per heavy atom. The number of hydrogen-bond donors (Lipinski definition) is 2. The van der Waals surface area contributed by atoms with E-state index in [1.807, 2.05) is 92.4 Å². The van der Waals surface area contributed by atoms with Crippen LogP contribution in [0.5, 0.6) is 5.75 Å². The highest BCUT2D eigenvalue weighted by Gasteiger charge is 2.30. The van der Waals surface area contributed by atoms with Crippen LogP contribution in [0.1, 0.15) is 45.6 Å². The standard InChI is InChI=1S/C30H35N5O3/c1-30(2,3)38-29(36)35-18-8-7-11-23(35)19-31-26-17-16-25-28(33-26)34-27(32-25)22-12-14-24(15-13-22)37-20-21-9-5-4-6-10-21/h4-6,9-10,12-17,23H,7-8,11,18-20H2,1-3H3,(H2,31,32,33,34). The number of pyridine rings is 1. The third-order valence-electron chi connectivity index (χ3n) is 6.50. The number of hydrogen-bond acceptors (Lipinski definition) is 6. The van der Waals surface area contributed by atoms with Gasteiger partial charge in [-0.25, -0.2) is 14.8 Å². The van der Waals surface area contributed by atoms with Gasteiger partial charge >= 0.3 is 6.09 Å². The molecule has 1 aliphatic heterocycles. The van der Waals surface area contributed by atoms with Crippen molar-refractivity contribution in [3.05, 3.63) is 72.3 Å². The number of likely N-dealkylation sites (tertiary alicyclic amines) is 1. The molecule has 5 rings (SSSR count). The molecule has 38 heavy (non-hydrogen) atoms. The number of rotatable bonds is 7. The second-order valence-electron chi connectivity index (χ2n) is 10.7.